The van der Waals surface area contributed by atoms with Crippen LogP contribution in [0, 0.1) is 12.7 Å². The number of nitrogens with one attached hydrogen (secondary N) is 1. The fourth-order valence-corrected chi connectivity index (χ4v) is 2.22. The second-order valence-electron chi connectivity index (χ2n) is 4.77. The molecule has 0 aliphatic heterocycles. The normalized spacial score (nSPS) is 12.6. The van der Waals surface area contributed by atoms with Gasteiger partial charge in [-0.25, -0.2) is 4.39 Å². The van der Waals surface area contributed by atoms with E-state index < -0.39 is 0 Å². The molecule has 0 aliphatic carbocycles. The van der Waals surface area contributed by atoms with Crippen LogP contribution in [0.3, 0.4) is 0 Å². The largest absolute Gasteiger partial charge is 0.469 e. The predicted octanol–water partition coefficient (Wildman–Crippen LogP) is 4.01. The van der Waals surface area contributed by atoms with Gasteiger partial charge in [0, 0.05) is 11.6 Å². The maximum absolute atomic E-state index is 12.9. The first kappa shape index (κ1) is 13.8. The summed E-state index contributed by atoms with van der Waals surface area (Å²) in [6, 6.07) is 8.91. The summed E-state index contributed by atoms with van der Waals surface area (Å²) in [5.41, 5.74) is 2.30. The molecule has 0 saturated carbocycles. The van der Waals surface area contributed by atoms with E-state index in [9.17, 15) is 4.39 Å². The van der Waals surface area contributed by atoms with Crippen LogP contribution in [0.15, 0.2) is 41.0 Å². The van der Waals surface area contributed by atoms with Crippen molar-refractivity contribution >= 4 is 0 Å². The smallest absolute Gasteiger partial charge is 0.123 e. The van der Waals surface area contributed by atoms with Crippen molar-refractivity contribution in [3.8, 4) is 0 Å². The summed E-state index contributed by atoms with van der Waals surface area (Å²) in [7, 11) is 0. The highest BCUT2D eigenvalue weighted by molar-refractivity contribution is 5.25. The molecule has 0 bridgehead atoms. The Bertz CT molecular complexity index is 504. The maximum atomic E-state index is 12.9. The minimum absolute atomic E-state index is 0.193. The Hall–Kier alpha value is -1.61. The van der Waals surface area contributed by atoms with Crippen molar-refractivity contribution in [3.05, 3.63) is 59.3 Å². The van der Waals surface area contributed by atoms with Gasteiger partial charge in [0.1, 0.15) is 11.6 Å². The molecule has 2 aromatic rings. The van der Waals surface area contributed by atoms with Crippen molar-refractivity contribution in [2.24, 2.45) is 0 Å². The topological polar surface area (TPSA) is 25.2 Å². The van der Waals surface area contributed by atoms with Gasteiger partial charge in [-0.15, -0.1) is 0 Å². The fourth-order valence-electron chi connectivity index (χ4n) is 2.22. The van der Waals surface area contributed by atoms with Crippen LogP contribution in [0.4, 0.5) is 4.39 Å². The molecule has 0 fully saturated rings. The monoisotopic (exact) mass is 261 g/mol. The number of aryl methyl sites for hydroxylation is 1. The number of hydrogen-bond acceptors (Lipinski definition) is 2. The third-order valence-corrected chi connectivity index (χ3v) is 3.27. The molecule has 0 radical (unpaired) electrons. The Morgan fingerprint density at radius 2 is 1.95 bits per heavy atom. The summed E-state index contributed by atoms with van der Waals surface area (Å²) >= 11 is 0. The van der Waals surface area contributed by atoms with E-state index in [0.29, 0.717) is 0 Å². The number of benzene rings is 1. The van der Waals surface area contributed by atoms with Crippen LogP contribution in [0.25, 0.3) is 0 Å². The number of hydrogen-bond donors (Lipinski definition) is 1. The lowest BCUT2D eigenvalue weighted by Crippen LogP contribution is -2.24. The second-order valence-corrected chi connectivity index (χ2v) is 4.77. The van der Waals surface area contributed by atoms with Gasteiger partial charge >= 0.3 is 0 Å². The molecule has 19 heavy (non-hydrogen) atoms. The van der Waals surface area contributed by atoms with Crippen LogP contribution in [0.2, 0.25) is 0 Å². The lowest BCUT2D eigenvalue weighted by molar-refractivity contribution is 0.493. The zero-order valence-electron chi connectivity index (χ0n) is 11.4. The first-order valence-electron chi connectivity index (χ1n) is 6.72. The molecule has 1 N–H and O–H groups in total. The van der Waals surface area contributed by atoms with E-state index in [1.54, 1.807) is 6.26 Å². The van der Waals surface area contributed by atoms with Crippen LogP contribution < -0.4 is 5.32 Å². The molecule has 1 atom stereocenters. The van der Waals surface area contributed by atoms with Crippen LogP contribution in [-0.2, 0) is 6.42 Å². The van der Waals surface area contributed by atoms with E-state index in [-0.39, 0.29) is 11.9 Å². The molecule has 2 nitrogen and oxygen atoms in total. The molecule has 1 heterocycles. The maximum Gasteiger partial charge on any atom is 0.123 e. The Labute approximate surface area is 113 Å². The molecular formula is C16H20FNO. The van der Waals surface area contributed by atoms with Gasteiger partial charge in [-0.2, -0.15) is 0 Å². The lowest BCUT2D eigenvalue weighted by Gasteiger charge is -2.18. The first-order valence-corrected chi connectivity index (χ1v) is 6.72. The van der Waals surface area contributed by atoms with E-state index in [4.69, 9.17) is 4.42 Å². The van der Waals surface area contributed by atoms with Gasteiger partial charge in [-0.1, -0.05) is 19.1 Å². The summed E-state index contributed by atoms with van der Waals surface area (Å²) in [4.78, 5) is 0. The Morgan fingerprint density at radius 3 is 2.53 bits per heavy atom. The Kier molecular flexibility index (Phi) is 4.74. The summed E-state index contributed by atoms with van der Waals surface area (Å²) < 4.78 is 18.3. The lowest BCUT2D eigenvalue weighted by atomic mass is 9.99. The summed E-state index contributed by atoms with van der Waals surface area (Å²) in [6.07, 6.45) is 3.63. The molecule has 0 aliphatic rings. The van der Waals surface area contributed by atoms with E-state index in [1.807, 2.05) is 25.1 Å². The van der Waals surface area contributed by atoms with Crippen molar-refractivity contribution in [2.45, 2.75) is 32.7 Å². The van der Waals surface area contributed by atoms with Gasteiger partial charge in [0.25, 0.3) is 0 Å². The average Bonchev–Trinajstić information content (AvgIpc) is 2.83. The minimum atomic E-state index is -0.193. The number of furan rings is 1. The van der Waals surface area contributed by atoms with E-state index in [2.05, 4.69) is 12.2 Å². The second kappa shape index (κ2) is 6.53. The molecule has 0 spiro atoms. The van der Waals surface area contributed by atoms with Crippen LogP contribution in [0.5, 0.6) is 0 Å². The van der Waals surface area contributed by atoms with Gasteiger partial charge in [-0.3, -0.25) is 0 Å². The van der Waals surface area contributed by atoms with Crippen LogP contribution in [0.1, 0.15) is 36.3 Å². The standard InChI is InChI=1S/C16H20FNO/c1-3-9-18-16(15-8-10-19-12(15)2)11-13-4-6-14(17)7-5-13/h4-8,10,16,18H,3,9,11H2,1-2H3. The van der Waals surface area contributed by atoms with Gasteiger partial charge in [0.2, 0.25) is 0 Å². The Balaban J connectivity index is 2.14. The van der Waals surface area contributed by atoms with E-state index >= 15 is 0 Å². The van der Waals surface area contributed by atoms with Crippen molar-refractivity contribution in [3.63, 3.8) is 0 Å². The van der Waals surface area contributed by atoms with Gasteiger partial charge < -0.3 is 9.73 Å². The van der Waals surface area contributed by atoms with Crippen molar-refractivity contribution < 1.29 is 8.81 Å². The third kappa shape index (κ3) is 3.67. The van der Waals surface area contributed by atoms with E-state index in [0.717, 1.165) is 30.7 Å². The molecule has 0 saturated heterocycles. The molecule has 1 aromatic carbocycles. The summed E-state index contributed by atoms with van der Waals surface area (Å²) in [5, 5.41) is 3.52. The van der Waals surface area contributed by atoms with E-state index in [1.165, 1.54) is 17.7 Å². The van der Waals surface area contributed by atoms with Crippen LogP contribution in [-0.4, -0.2) is 6.54 Å². The highest BCUT2D eigenvalue weighted by atomic mass is 19.1. The summed E-state index contributed by atoms with van der Waals surface area (Å²) in [5.74, 6) is 0.747. The SMILES string of the molecule is CCCNC(Cc1ccc(F)cc1)c1ccoc1C. The van der Waals surface area contributed by atoms with Gasteiger partial charge in [0.15, 0.2) is 0 Å². The number of halogens is 1. The average molecular weight is 261 g/mol. The molecule has 1 aromatic heterocycles. The Morgan fingerprint density at radius 1 is 1.21 bits per heavy atom. The first-order chi connectivity index (χ1) is 9.20. The highest BCUT2D eigenvalue weighted by Crippen LogP contribution is 2.22. The zero-order chi connectivity index (χ0) is 13.7. The van der Waals surface area contributed by atoms with Crippen molar-refractivity contribution in [1.29, 1.82) is 0 Å². The molecular weight excluding hydrogens is 241 g/mol. The molecule has 0 amide bonds. The molecule has 2 rings (SSSR count). The molecule has 3 heteroatoms. The third-order valence-electron chi connectivity index (χ3n) is 3.27. The van der Waals surface area contributed by atoms with Crippen LogP contribution >= 0.6 is 0 Å². The highest BCUT2D eigenvalue weighted by Gasteiger charge is 2.15. The van der Waals surface area contributed by atoms with Gasteiger partial charge in [0.05, 0.1) is 6.26 Å². The molecule has 102 valence electrons. The zero-order valence-corrected chi connectivity index (χ0v) is 11.4. The van der Waals surface area contributed by atoms with Crippen molar-refractivity contribution in [2.75, 3.05) is 6.54 Å². The summed E-state index contributed by atoms with van der Waals surface area (Å²) in [6.45, 7) is 5.07. The van der Waals surface area contributed by atoms with Gasteiger partial charge in [-0.05, 0) is 50.1 Å². The quantitative estimate of drug-likeness (QED) is 0.850. The number of rotatable bonds is 6. The van der Waals surface area contributed by atoms with Crippen molar-refractivity contribution in [1.82, 2.24) is 5.32 Å². The fraction of sp³-hybridized carbons (Fsp3) is 0.375. The predicted molar refractivity (Wildman–Crippen MR) is 74.6 cm³/mol. The molecule has 1 unspecified atom stereocenters. The minimum Gasteiger partial charge on any atom is -0.469 e.